The summed E-state index contributed by atoms with van der Waals surface area (Å²) in [6.07, 6.45) is 4.65. The molecule has 0 bridgehead atoms. The Bertz CT molecular complexity index is 1320. The van der Waals surface area contributed by atoms with Crippen molar-refractivity contribution in [2.45, 2.75) is 43.2 Å². The largest absolute Gasteiger partial charge is 0.386 e. The van der Waals surface area contributed by atoms with Gasteiger partial charge < -0.3 is 10.3 Å². The van der Waals surface area contributed by atoms with Crippen molar-refractivity contribution < 1.29 is 13.1 Å². The average molecular weight is 491 g/mol. The van der Waals surface area contributed by atoms with Crippen LogP contribution in [0.3, 0.4) is 0 Å². The van der Waals surface area contributed by atoms with Gasteiger partial charge in [0.25, 0.3) is 0 Å². The minimum atomic E-state index is -2.98. The summed E-state index contributed by atoms with van der Waals surface area (Å²) in [6.45, 7) is 3.47. The average Bonchev–Trinajstić information content (AvgIpc) is 3.46. The van der Waals surface area contributed by atoms with Gasteiger partial charge in [0.2, 0.25) is 0 Å². The van der Waals surface area contributed by atoms with Crippen LogP contribution in [0.5, 0.6) is 0 Å². The van der Waals surface area contributed by atoms with Gasteiger partial charge in [0.05, 0.1) is 26.5 Å². The molecule has 1 atom stereocenters. The molecule has 33 heavy (non-hydrogen) atoms. The second kappa shape index (κ2) is 8.83. The Balaban J connectivity index is 1.70. The molecule has 1 saturated carbocycles. The number of aromatic nitrogens is 3. The number of hydrogen-bond donors (Lipinski definition) is 1. The van der Waals surface area contributed by atoms with Crippen LogP contribution in [0.4, 0.5) is 4.39 Å². The molecule has 8 nitrogen and oxygen atoms in total. The molecule has 1 aromatic carbocycles. The van der Waals surface area contributed by atoms with Gasteiger partial charge in [-0.1, -0.05) is 16.8 Å². The topological polar surface area (TPSA) is 120 Å². The molecule has 0 amide bonds. The van der Waals surface area contributed by atoms with E-state index in [-0.39, 0.29) is 23.2 Å². The fourth-order valence-corrected chi connectivity index (χ4v) is 5.76. The molecule has 0 radical (unpaired) electrons. The fraction of sp³-hybridized carbons (Fsp3) is 0.364. The van der Waals surface area contributed by atoms with E-state index >= 15 is 0 Å². The molecule has 1 aliphatic carbocycles. The molecule has 2 N–H and O–H groups in total. The van der Waals surface area contributed by atoms with Crippen LogP contribution in [0.2, 0.25) is 5.02 Å². The van der Waals surface area contributed by atoms with Gasteiger partial charge in [-0.3, -0.25) is 4.99 Å². The van der Waals surface area contributed by atoms with Gasteiger partial charge in [-0.15, -0.1) is 0 Å². The maximum Gasteiger partial charge on any atom is 0.181 e. The predicted molar refractivity (Wildman–Crippen MR) is 127 cm³/mol. The molecule has 4 rings (SSSR count). The van der Waals surface area contributed by atoms with Crippen molar-refractivity contribution in [3.63, 3.8) is 0 Å². The van der Waals surface area contributed by atoms with Gasteiger partial charge in [-0.25, -0.2) is 22.9 Å². The molecule has 11 heteroatoms. The number of aliphatic imine (C=N–C) groups is 1. The van der Waals surface area contributed by atoms with Crippen LogP contribution in [0, 0.1) is 5.82 Å². The van der Waals surface area contributed by atoms with Crippen molar-refractivity contribution in [2.24, 2.45) is 15.1 Å². The Morgan fingerprint density at radius 2 is 2.00 bits per heavy atom. The molecular formula is C22H24ClFN6O2S. The van der Waals surface area contributed by atoms with E-state index in [9.17, 15) is 8.60 Å². The molecule has 2 aromatic heterocycles. The fourth-order valence-electron chi connectivity index (χ4n) is 3.21. The lowest BCUT2D eigenvalue weighted by Crippen LogP contribution is -2.46. The lowest BCUT2D eigenvalue weighted by Gasteiger charge is -2.29. The minimum Gasteiger partial charge on any atom is -0.386 e. The van der Waals surface area contributed by atoms with E-state index in [2.05, 4.69) is 24.5 Å². The van der Waals surface area contributed by atoms with E-state index in [4.69, 9.17) is 21.9 Å². The molecule has 2 heterocycles. The van der Waals surface area contributed by atoms with E-state index in [1.165, 1.54) is 18.5 Å². The monoisotopic (exact) mass is 490 g/mol. The molecule has 1 aliphatic rings. The number of hydrogen-bond acceptors (Lipinski definition) is 7. The predicted octanol–water partition coefficient (Wildman–Crippen LogP) is 4.49. The number of nitrogens with zero attached hydrogens (tertiary/aromatic N) is 5. The summed E-state index contributed by atoms with van der Waals surface area (Å²) in [5.74, 6) is 0.369. The Morgan fingerprint density at radius 1 is 1.30 bits per heavy atom. The molecule has 0 aliphatic heterocycles. The number of nitrogens with two attached hydrogens (primary N) is 1. The normalized spacial score (nSPS) is 16.5. The van der Waals surface area contributed by atoms with Crippen LogP contribution in [0.1, 0.15) is 32.3 Å². The first kappa shape index (κ1) is 23.3. The first-order valence-electron chi connectivity index (χ1n) is 10.3. The first-order chi connectivity index (χ1) is 15.6. The Labute approximate surface area is 196 Å². The molecule has 0 saturated heterocycles. The van der Waals surface area contributed by atoms with E-state index in [0.717, 1.165) is 12.8 Å². The van der Waals surface area contributed by atoms with Crippen molar-refractivity contribution in [3.8, 4) is 22.8 Å². The van der Waals surface area contributed by atoms with Crippen LogP contribution >= 0.6 is 11.6 Å². The standard InChI is InChI=1S/C22H24ClFN6O2S/c1-22(2,21(25)26-3)33(31,30-16-5-6-16)12-14-8-13(4-7-17(14)24)19-9-18(29-32-19)20-27-10-15(23)11-28-20/h4,7-11,16H,5-6,12H2,1-3H3,(H2,25,26). The first-order valence-corrected chi connectivity index (χ1v) is 12.4. The Morgan fingerprint density at radius 3 is 2.64 bits per heavy atom. The molecule has 1 fully saturated rings. The van der Waals surface area contributed by atoms with E-state index in [1.807, 2.05) is 0 Å². The van der Waals surface area contributed by atoms with Crippen LogP contribution in [-0.2, 0) is 15.5 Å². The Hall–Kier alpha value is -2.85. The Kier molecular flexibility index (Phi) is 6.24. The van der Waals surface area contributed by atoms with Gasteiger partial charge in [-0.2, -0.15) is 0 Å². The van der Waals surface area contributed by atoms with Crippen molar-refractivity contribution >= 4 is 27.2 Å². The van der Waals surface area contributed by atoms with E-state index in [1.54, 1.807) is 39.1 Å². The molecular weight excluding hydrogens is 467 g/mol. The molecule has 174 valence electrons. The van der Waals surface area contributed by atoms with E-state index < -0.39 is 20.3 Å². The van der Waals surface area contributed by atoms with Crippen molar-refractivity contribution in [3.05, 3.63) is 53.1 Å². The summed E-state index contributed by atoms with van der Waals surface area (Å²) in [4.78, 5) is 12.3. The van der Waals surface area contributed by atoms with Gasteiger partial charge in [0.1, 0.15) is 16.4 Å². The summed E-state index contributed by atoms with van der Waals surface area (Å²) < 4.78 is 37.9. The minimum absolute atomic E-state index is 0.00360. The van der Waals surface area contributed by atoms with Crippen molar-refractivity contribution in [1.29, 1.82) is 0 Å². The second-order valence-electron chi connectivity index (χ2n) is 8.35. The zero-order chi connectivity index (χ0) is 23.8. The summed E-state index contributed by atoms with van der Waals surface area (Å²) in [5, 5.41) is 4.40. The number of benzene rings is 1. The molecule has 0 spiro atoms. The van der Waals surface area contributed by atoms with Crippen molar-refractivity contribution in [1.82, 2.24) is 15.1 Å². The van der Waals surface area contributed by atoms with Gasteiger partial charge in [0.15, 0.2) is 17.3 Å². The van der Waals surface area contributed by atoms with Crippen molar-refractivity contribution in [2.75, 3.05) is 7.05 Å². The maximum atomic E-state index is 14.8. The number of halogens is 2. The number of rotatable bonds is 7. The van der Waals surface area contributed by atoms with Crippen LogP contribution < -0.4 is 5.73 Å². The number of amidine groups is 1. The van der Waals surface area contributed by atoms with Crippen LogP contribution in [-0.4, -0.2) is 43.0 Å². The zero-order valence-electron chi connectivity index (χ0n) is 18.5. The lowest BCUT2D eigenvalue weighted by molar-refractivity contribution is 0.434. The van der Waals surface area contributed by atoms with Crippen LogP contribution in [0.15, 0.2) is 50.5 Å². The highest BCUT2D eigenvalue weighted by atomic mass is 35.5. The summed E-state index contributed by atoms with van der Waals surface area (Å²) in [5.41, 5.74) is 7.32. The smallest absolute Gasteiger partial charge is 0.181 e. The summed E-state index contributed by atoms with van der Waals surface area (Å²) in [7, 11) is -1.44. The maximum absolute atomic E-state index is 14.8. The molecule has 3 aromatic rings. The van der Waals surface area contributed by atoms with Crippen LogP contribution in [0.25, 0.3) is 22.8 Å². The molecule has 1 unspecified atom stereocenters. The third-order valence-corrected chi connectivity index (χ3v) is 8.90. The summed E-state index contributed by atoms with van der Waals surface area (Å²) in [6, 6.07) is 6.13. The lowest BCUT2D eigenvalue weighted by atomic mass is 10.1. The van der Waals surface area contributed by atoms with Gasteiger partial charge in [0, 0.05) is 36.6 Å². The third-order valence-electron chi connectivity index (χ3n) is 5.56. The highest BCUT2D eigenvalue weighted by Gasteiger charge is 2.39. The highest BCUT2D eigenvalue weighted by Crippen LogP contribution is 2.34. The third kappa shape index (κ3) is 4.77. The SMILES string of the molecule is CN=C(N)C(C)(C)S(=O)(Cc1cc(-c2cc(-c3ncc(Cl)cn3)no2)ccc1F)=NC1CC1. The van der Waals surface area contributed by atoms with Gasteiger partial charge >= 0.3 is 0 Å². The zero-order valence-corrected chi connectivity index (χ0v) is 20.0. The van der Waals surface area contributed by atoms with E-state index in [0.29, 0.717) is 27.9 Å². The highest BCUT2D eigenvalue weighted by molar-refractivity contribution is 7.95. The quantitative estimate of drug-likeness (QED) is 0.385. The summed E-state index contributed by atoms with van der Waals surface area (Å²) >= 11 is 5.83. The second-order valence-corrected chi connectivity index (χ2v) is 11.6. The van der Waals surface area contributed by atoms with Gasteiger partial charge in [-0.05, 0) is 44.9 Å².